The topological polar surface area (TPSA) is 41.5 Å². The van der Waals surface area contributed by atoms with Crippen molar-refractivity contribution in [1.82, 2.24) is 5.32 Å². The summed E-state index contributed by atoms with van der Waals surface area (Å²) in [7, 11) is 0. The van der Waals surface area contributed by atoms with Crippen LogP contribution in [-0.2, 0) is 6.42 Å². The lowest BCUT2D eigenvalue weighted by Crippen LogP contribution is -2.29. The monoisotopic (exact) mass is 301 g/mol. The Hall–Kier alpha value is -1.20. The third-order valence-electron chi connectivity index (χ3n) is 3.46. The van der Waals surface area contributed by atoms with Gasteiger partial charge in [0, 0.05) is 6.04 Å². The average molecular weight is 301 g/mol. The van der Waals surface area contributed by atoms with Crippen molar-refractivity contribution in [2.45, 2.75) is 58.3 Å². The Balaban J connectivity index is 2.24. The van der Waals surface area contributed by atoms with Gasteiger partial charge in [0.15, 0.2) is 0 Å². The molecule has 21 heavy (non-hydrogen) atoms. The molecule has 0 saturated carbocycles. The van der Waals surface area contributed by atoms with Crippen molar-refractivity contribution in [2.75, 3.05) is 6.54 Å². The largest absolute Gasteiger partial charge is 0.435 e. The lowest BCUT2D eigenvalue weighted by atomic mass is 10.1. The number of ether oxygens (including phenoxy) is 1. The zero-order valence-electron chi connectivity index (χ0n) is 12.7. The molecule has 0 fully saturated rings. The minimum absolute atomic E-state index is 0.188. The van der Waals surface area contributed by atoms with E-state index in [4.69, 9.17) is 0 Å². The number of hydrogen-bond donors (Lipinski definition) is 2. The molecule has 1 aromatic carbocycles. The highest BCUT2D eigenvalue weighted by molar-refractivity contribution is 5.27. The molecule has 0 aliphatic heterocycles. The van der Waals surface area contributed by atoms with Gasteiger partial charge in [0.1, 0.15) is 5.75 Å². The van der Waals surface area contributed by atoms with Gasteiger partial charge < -0.3 is 15.2 Å². The number of hydrogen-bond acceptors (Lipinski definition) is 3. The fourth-order valence-electron chi connectivity index (χ4n) is 2.02. The first-order valence-corrected chi connectivity index (χ1v) is 7.46. The standard InChI is InChI=1S/C16H25F2NO2/c1-3-14(20)10-11-19-12(2)4-5-13-6-8-15(9-7-13)21-16(17)18/h6-9,12,14,16,19-20H,3-5,10-11H2,1-2H3. The molecule has 0 aliphatic rings. The molecule has 1 aromatic rings. The first-order chi connectivity index (χ1) is 10.0. The second-order valence-electron chi connectivity index (χ2n) is 5.27. The molecular weight excluding hydrogens is 276 g/mol. The maximum absolute atomic E-state index is 12.0. The first-order valence-electron chi connectivity index (χ1n) is 7.46. The zero-order valence-corrected chi connectivity index (χ0v) is 12.7. The van der Waals surface area contributed by atoms with Gasteiger partial charge in [0.25, 0.3) is 0 Å². The Morgan fingerprint density at radius 3 is 2.43 bits per heavy atom. The smallest absolute Gasteiger partial charge is 0.387 e. The second-order valence-corrected chi connectivity index (χ2v) is 5.27. The summed E-state index contributed by atoms with van der Waals surface area (Å²) in [6.45, 7) is 2.10. The van der Waals surface area contributed by atoms with Crippen LogP contribution in [0.2, 0.25) is 0 Å². The first kappa shape index (κ1) is 17.9. The second kappa shape index (κ2) is 9.68. The Bertz CT molecular complexity index is 384. The third kappa shape index (κ3) is 7.97. The molecule has 5 heteroatoms. The predicted octanol–water partition coefficient (Wildman–Crippen LogP) is 3.36. The lowest BCUT2D eigenvalue weighted by molar-refractivity contribution is -0.0498. The van der Waals surface area contributed by atoms with Gasteiger partial charge in [-0.3, -0.25) is 0 Å². The minimum atomic E-state index is -2.78. The number of nitrogens with one attached hydrogen (secondary N) is 1. The normalized spacial score (nSPS) is 14.2. The Labute approximate surface area is 125 Å². The van der Waals surface area contributed by atoms with Crippen LogP contribution in [0.15, 0.2) is 24.3 Å². The van der Waals surface area contributed by atoms with Crippen LogP contribution in [0, 0.1) is 0 Å². The molecule has 0 heterocycles. The van der Waals surface area contributed by atoms with Crippen molar-refractivity contribution in [1.29, 1.82) is 0 Å². The molecular formula is C16H25F2NO2. The summed E-state index contributed by atoms with van der Waals surface area (Å²) in [6.07, 6.45) is 3.15. The van der Waals surface area contributed by atoms with Crippen LogP contribution >= 0.6 is 0 Å². The van der Waals surface area contributed by atoms with Crippen LogP contribution in [-0.4, -0.2) is 30.4 Å². The number of alkyl halides is 2. The number of rotatable bonds is 10. The van der Waals surface area contributed by atoms with Crippen molar-refractivity contribution in [3.05, 3.63) is 29.8 Å². The molecule has 0 radical (unpaired) electrons. The molecule has 0 bridgehead atoms. The van der Waals surface area contributed by atoms with Crippen molar-refractivity contribution in [3.63, 3.8) is 0 Å². The van der Waals surface area contributed by atoms with Crippen LogP contribution < -0.4 is 10.1 Å². The Morgan fingerprint density at radius 2 is 1.86 bits per heavy atom. The summed E-state index contributed by atoms with van der Waals surface area (Å²) in [6, 6.07) is 7.11. The van der Waals surface area contributed by atoms with Crippen LogP contribution in [0.3, 0.4) is 0 Å². The maximum atomic E-state index is 12.0. The van der Waals surface area contributed by atoms with E-state index in [-0.39, 0.29) is 11.9 Å². The van der Waals surface area contributed by atoms with E-state index < -0.39 is 6.61 Å². The van der Waals surface area contributed by atoms with Crippen molar-refractivity contribution in [3.8, 4) is 5.75 Å². The van der Waals surface area contributed by atoms with E-state index in [9.17, 15) is 13.9 Å². The van der Waals surface area contributed by atoms with Crippen LogP contribution in [0.25, 0.3) is 0 Å². The SMILES string of the molecule is CCC(O)CCNC(C)CCc1ccc(OC(F)F)cc1. The van der Waals surface area contributed by atoms with Gasteiger partial charge >= 0.3 is 6.61 Å². The summed E-state index contributed by atoms with van der Waals surface area (Å²) in [5.74, 6) is 0.188. The predicted molar refractivity (Wildman–Crippen MR) is 79.8 cm³/mol. The van der Waals surface area contributed by atoms with Gasteiger partial charge in [-0.1, -0.05) is 19.1 Å². The Morgan fingerprint density at radius 1 is 1.19 bits per heavy atom. The molecule has 0 amide bonds. The van der Waals surface area contributed by atoms with Gasteiger partial charge in [-0.25, -0.2) is 0 Å². The number of halogens is 2. The van der Waals surface area contributed by atoms with Crippen molar-refractivity contribution < 1.29 is 18.6 Å². The van der Waals surface area contributed by atoms with Crippen LogP contribution in [0.5, 0.6) is 5.75 Å². The molecule has 3 nitrogen and oxygen atoms in total. The maximum Gasteiger partial charge on any atom is 0.387 e. The summed E-state index contributed by atoms with van der Waals surface area (Å²) in [5, 5.41) is 12.8. The van der Waals surface area contributed by atoms with Gasteiger partial charge in [0.2, 0.25) is 0 Å². The zero-order chi connectivity index (χ0) is 15.7. The van der Waals surface area contributed by atoms with E-state index in [0.29, 0.717) is 6.04 Å². The third-order valence-corrected chi connectivity index (χ3v) is 3.46. The molecule has 2 unspecified atom stereocenters. The molecule has 2 atom stereocenters. The summed E-state index contributed by atoms with van der Waals surface area (Å²) in [4.78, 5) is 0. The van der Waals surface area contributed by atoms with E-state index in [1.54, 1.807) is 12.1 Å². The fourth-order valence-corrected chi connectivity index (χ4v) is 2.02. The van der Waals surface area contributed by atoms with Gasteiger partial charge in [-0.15, -0.1) is 0 Å². The molecule has 0 aromatic heterocycles. The van der Waals surface area contributed by atoms with E-state index in [2.05, 4.69) is 17.0 Å². The van der Waals surface area contributed by atoms with Crippen LogP contribution in [0.1, 0.15) is 38.7 Å². The number of aliphatic hydroxyl groups is 1. The molecule has 120 valence electrons. The summed E-state index contributed by atoms with van der Waals surface area (Å²) < 4.78 is 28.4. The Kier molecular flexibility index (Phi) is 8.23. The summed E-state index contributed by atoms with van der Waals surface area (Å²) >= 11 is 0. The highest BCUT2D eigenvalue weighted by Gasteiger charge is 2.06. The van der Waals surface area contributed by atoms with Gasteiger partial charge in [-0.2, -0.15) is 8.78 Å². The van der Waals surface area contributed by atoms with E-state index in [1.807, 2.05) is 19.1 Å². The van der Waals surface area contributed by atoms with Gasteiger partial charge in [-0.05, 0) is 56.8 Å². The van der Waals surface area contributed by atoms with Crippen molar-refractivity contribution in [2.24, 2.45) is 0 Å². The molecule has 1 rings (SSSR count). The number of aryl methyl sites for hydroxylation is 1. The lowest BCUT2D eigenvalue weighted by Gasteiger charge is -2.15. The van der Waals surface area contributed by atoms with E-state index >= 15 is 0 Å². The van der Waals surface area contributed by atoms with E-state index in [1.165, 1.54) is 0 Å². The highest BCUT2D eigenvalue weighted by atomic mass is 19.3. The van der Waals surface area contributed by atoms with Crippen LogP contribution in [0.4, 0.5) is 8.78 Å². The van der Waals surface area contributed by atoms with Crippen molar-refractivity contribution >= 4 is 0 Å². The number of aliphatic hydroxyl groups excluding tert-OH is 1. The molecule has 0 saturated heterocycles. The molecule has 0 spiro atoms. The quantitative estimate of drug-likeness (QED) is 0.696. The molecule has 0 aliphatic carbocycles. The minimum Gasteiger partial charge on any atom is -0.435 e. The van der Waals surface area contributed by atoms with E-state index in [0.717, 1.165) is 37.8 Å². The number of benzene rings is 1. The molecule has 2 N–H and O–H groups in total. The van der Waals surface area contributed by atoms with Gasteiger partial charge in [0.05, 0.1) is 6.10 Å². The fraction of sp³-hybridized carbons (Fsp3) is 0.625. The average Bonchev–Trinajstić information content (AvgIpc) is 2.45. The highest BCUT2D eigenvalue weighted by Crippen LogP contribution is 2.16. The summed E-state index contributed by atoms with van der Waals surface area (Å²) in [5.41, 5.74) is 1.10.